The molecule has 4 aromatic rings. The molecule has 0 radical (unpaired) electrons. The van der Waals surface area contributed by atoms with Crippen LogP contribution in [-0.4, -0.2) is 21.8 Å². The molecule has 0 aliphatic carbocycles. The third-order valence-corrected chi connectivity index (χ3v) is 6.74. The topological polar surface area (TPSA) is 107 Å². The van der Waals surface area contributed by atoms with Crippen LogP contribution in [0.15, 0.2) is 87.0 Å². The lowest BCUT2D eigenvalue weighted by molar-refractivity contribution is -0.142. The predicted molar refractivity (Wildman–Crippen MR) is 152 cm³/mol. The largest absolute Gasteiger partial charge is 0.487 e. The van der Waals surface area contributed by atoms with Gasteiger partial charge >= 0.3 is 5.97 Å². The van der Waals surface area contributed by atoms with E-state index in [1.807, 2.05) is 68.4 Å². The van der Waals surface area contributed by atoms with Gasteiger partial charge in [-0.2, -0.15) is 0 Å². The molecular formula is C32H36N2O6. The summed E-state index contributed by atoms with van der Waals surface area (Å²) in [5.74, 6) is 1.46. The van der Waals surface area contributed by atoms with Gasteiger partial charge in [-0.25, -0.2) is 4.98 Å². The molecule has 0 amide bonds. The van der Waals surface area contributed by atoms with Crippen molar-refractivity contribution < 1.29 is 28.3 Å². The molecule has 0 fully saturated rings. The Morgan fingerprint density at radius 3 is 2.50 bits per heavy atom. The Morgan fingerprint density at radius 1 is 1.00 bits per heavy atom. The van der Waals surface area contributed by atoms with Crippen LogP contribution < -0.4 is 4.74 Å². The average Bonchev–Trinajstić information content (AvgIpc) is 3.64. The first-order chi connectivity index (χ1) is 19.5. The molecule has 40 heavy (non-hydrogen) atoms. The molecule has 8 nitrogen and oxygen atoms in total. The Bertz CT molecular complexity index is 1340. The van der Waals surface area contributed by atoms with Gasteiger partial charge in [0, 0.05) is 0 Å². The molecule has 0 spiro atoms. The maximum atomic E-state index is 11.2. The van der Waals surface area contributed by atoms with Gasteiger partial charge in [0.1, 0.15) is 30.4 Å². The van der Waals surface area contributed by atoms with Crippen LogP contribution in [0.1, 0.15) is 68.0 Å². The van der Waals surface area contributed by atoms with Crippen LogP contribution in [0.5, 0.6) is 5.75 Å². The second kappa shape index (κ2) is 14.7. The lowest BCUT2D eigenvalue weighted by atomic mass is 9.97. The van der Waals surface area contributed by atoms with Crippen molar-refractivity contribution in [1.29, 1.82) is 0 Å². The average molecular weight is 545 g/mol. The fourth-order valence-corrected chi connectivity index (χ4v) is 4.32. The Hall–Kier alpha value is -4.33. The molecule has 2 aromatic heterocycles. The summed E-state index contributed by atoms with van der Waals surface area (Å²) in [5, 5.41) is 13.7. The number of ether oxygens (including phenoxy) is 1. The highest BCUT2D eigenvalue weighted by atomic mass is 16.6. The quantitative estimate of drug-likeness (QED) is 0.0871. The fourth-order valence-electron chi connectivity index (χ4n) is 4.32. The van der Waals surface area contributed by atoms with Crippen molar-refractivity contribution in [2.24, 2.45) is 11.1 Å². The van der Waals surface area contributed by atoms with Gasteiger partial charge in [0.25, 0.3) is 5.89 Å². The molecule has 8 heteroatoms. The molecule has 2 heterocycles. The Morgan fingerprint density at radius 2 is 1.80 bits per heavy atom. The number of aromatic nitrogens is 1. The van der Waals surface area contributed by atoms with Crippen molar-refractivity contribution in [2.45, 2.75) is 65.6 Å². The van der Waals surface area contributed by atoms with Crippen LogP contribution in [0.4, 0.5) is 0 Å². The molecule has 0 saturated carbocycles. The summed E-state index contributed by atoms with van der Waals surface area (Å²) in [6.07, 6.45) is 6.50. The molecule has 0 saturated heterocycles. The minimum atomic E-state index is -0.702. The van der Waals surface area contributed by atoms with Crippen LogP contribution in [0.25, 0.3) is 11.7 Å². The lowest BCUT2D eigenvalue weighted by Crippen LogP contribution is -2.12. The van der Waals surface area contributed by atoms with Crippen LogP contribution in [-0.2, 0) is 22.8 Å². The van der Waals surface area contributed by atoms with E-state index in [0.29, 0.717) is 48.3 Å². The number of unbranched alkanes of at least 4 members (excludes halogenated alkanes) is 2. The molecule has 210 valence electrons. The van der Waals surface area contributed by atoms with Crippen molar-refractivity contribution in [3.05, 3.63) is 95.6 Å². The van der Waals surface area contributed by atoms with Crippen LogP contribution in [0.3, 0.4) is 0 Å². The first-order valence-corrected chi connectivity index (χ1v) is 13.7. The molecule has 0 aliphatic heterocycles. The van der Waals surface area contributed by atoms with E-state index >= 15 is 0 Å². The van der Waals surface area contributed by atoms with E-state index in [0.717, 1.165) is 42.5 Å². The smallest absolute Gasteiger partial charge is 0.306 e. The van der Waals surface area contributed by atoms with Gasteiger partial charge in [-0.3, -0.25) is 4.79 Å². The van der Waals surface area contributed by atoms with Crippen molar-refractivity contribution in [1.82, 2.24) is 4.98 Å². The number of rotatable bonds is 16. The van der Waals surface area contributed by atoms with E-state index in [9.17, 15) is 9.90 Å². The van der Waals surface area contributed by atoms with E-state index in [1.54, 1.807) is 18.4 Å². The van der Waals surface area contributed by atoms with E-state index in [-0.39, 0.29) is 12.5 Å². The lowest BCUT2D eigenvalue weighted by Gasteiger charge is -2.10. The summed E-state index contributed by atoms with van der Waals surface area (Å²) < 4.78 is 16.9. The molecular weight excluding hydrogens is 508 g/mol. The zero-order valence-corrected chi connectivity index (χ0v) is 23.0. The summed E-state index contributed by atoms with van der Waals surface area (Å²) in [5.41, 5.74) is 3.61. The zero-order chi connectivity index (χ0) is 28.2. The summed E-state index contributed by atoms with van der Waals surface area (Å²) in [7, 11) is 0. The number of benzene rings is 2. The SMILES string of the molecule is CCC(CCCCCC(=NOCc1ccc(OCc2nc(-c3ccco3)oc2C)cc1)c1ccccc1)C(=O)O. The van der Waals surface area contributed by atoms with E-state index < -0.39 is 5.97 Å². The van der Waals surface area contributed by atoms with Crippen molar-refractivity contribution in [3.63, 3.8) is 0 Å². The first kappa shape index (κ1) is 28.7. The minimum Gasteiger partial charge on any atom is -0.487 e. The summed E-state index contributed by atoms with van der Waals surface area (Å²) in [6.45, 7) is 4.40. The minimum absolute atomic E-state index is 0.256. The fraction of sp³-hybridized carbons (Fsp3) is 0.344. The number of carboxylic acids is 1. The predicted octanol–water partition coefficient (Wildman–Crippen LogP) is 7.80. The van der Waals surface area contributed by atoms with Gasteiger partial charge in [-0.05, 0) is 68.0 Å². The molecule has 0 bridgehead atoms. The van der Waals surface area contributed by atoms with Gasteiger partial charge in [0.15, 0.2) is 5.76 Å². The highest BCUT2D eigenvalue weighted by molar-refractivity contribution is 6.00. The second-order valence-electron chi connectivity index (χ2n) is 9.65. The monoisotopic (exact) mass is 544 g/mol. The standard InChI is InChI=1S/C32H36N2O6/c1-3-25(32(35)36)11-6-5-9-14-28(26-12-7-4-8-13-26)34-39-21-24-16-18-27(19-17-24)38-22-29-23(2)40-31(33-29)30-15-10-20-37-30/h4,7-8,10,12-13,15-20,25H,3,5-6,9,11,14,21-22H2,1-2H3,(H,35,36). The number of carbonyl (C=O) groups is 1. The van der Waals surface area contributed by atoms with E-state index in [4.69, 9.17) is 18.4 Å². The number of aryl methyl sites for hydroxylation is 1. The number of furan rings is 1. The number of aliphatic carboxylic acids is 1. The zero-order valence-electron chi connectivity index (χ0n) is 23.0. The van der Waals surface area contributed by atoms with Crippen molar-refractivity contribution >= 4 is 11.7 Å². The number of hydrogen-bond acceptors (Lipinski definition) is 7. The Kier molecular flexibility index (Phi) is 10.6. The second-order valence-corrected chi connectivity index (χ2v) is 9.65. The highest BCUT2D eigenvalue weighted by Gasteiger charge is 2.15. The maximum Gasteiger partial charge on any atom is 0.306 e. The molecule has 0 aliphatic rings. The highest BCUT2D eigenvalue weighted by Crippen LogP contribution is 2.23. The van der Waals surface area contributed by atoms with Crippen LogP contribution >= 0.6 is 0 Å². The third-order valence-electron chi connectivity index (χ3n) is 6.74. The Balaban J connectivity index is 1.26. The summed E-state index contributed by atoms with van der Waals surface area (Å²) >= 11 is 0. The van der Waals surface area contributed by atoms with Crippen molar-refractivity contribution in [3.8, 4) is 17.4 Å². The number of hydrogen-bond donors (Lipinski definition) is 1. The van der Waals surface area contributed by atoms with E-state index in [2.05, 4.69) is 10.1 Å². The normalized spacial score (nSPS) is 12.3. The van der Waals surface area contributed by atoms with E-state index in [1.165, 1.54) is 0 Å². The number of carboxylic acid groups (broad SMARTS) is 1. The van der Waals surface area contributed by atoms with Crippen LogP contribution in [0.2, 0.25) is 0 Å². The molecule has 2 aromatic carbocycles. The first-order valence-electron chi connectivity index (χ1n) is 13.7. The van der Waals surface area contributed by atoms with Gasteiger partial charge < -0.3 is 23.5 Å². The molecule has 1 unspecified atom stereocenters. The summed E-state index contributed by atoms with van der Waals surface area (Å²) in [6, 6.07) is 21.3. The molecule has 1 N–H and O–H groups in total. The molecule has 4 rings (SSSR count). The van der Waals surface area contributed by atoms with Crippen LogP contribution in [0, 0.1) is 12.8 Å². The Labute approximate surface area is 234 Å². The number of oxazole rings is 1. The van der Waals surface area contributed by atoms with Gasteiger partial charge in [0.2, 0.25) is 0 Å². The number of nitrogens with zero attached hydrogens (tertiary/aromatic N) is 2. The third kappa shape index (κ3) is 8.33. The maximum absolute atomic E-state index is 11.2. The van der Waals surface area contributed by atoms with Gasteiger partial charge in [-0.1, -0.05) is 67.4 Å². The van der Waals surface area contributed by atoms with Gasteiger partial charge in [-0.15, -0.1) is 0 Å². The summed E-state index contributed by atoms with van der Waals surface area (Å²) in [4.78, 5) is 21.4. The molecule has 1 atom stereocenters. The van der Waals surface area contributed by atoms with Crippen molar-refractivity contribution in [2.75, 3.05) is 0 Å². The number of oxime groups is 1. The van der Waals surface area contributed by atoms with Gasteiger partial charge in [0.05, 0.1) is 17.9 Å².